The highest BCUT2D eigenvalue weighted by molar-refractivity contribution is 8.00. The average molecular weight is 465 g/mol. The quantitative estimate of drug-likeness (QED) is 0.520. The van der Waals surface area contributed by atoms with Crippen LogP contribution in [0.5, 0.6) is 0 Å². The van der Waals surface area contributed by atoms with E-state index >= 15 is 0 Å². The standard InChI is InChI=1S/C23H26Cl2N2O2S/c1-16(23(29)26-18-7-5-6-8-18)27(14-17-11-12-20(24)21(25)13-17)22(28)15-30-19-9-3-2-4-10-19/h2-4,9-13,16,18H,5-8,14-15H2,1H3,(H,26,29)/t16-/m1/s1. The molecule has 1 aliphatic carbocycles. The molecule has 1 aliphatic rings. The van der Waals surface area contributed by atoms with Crippen molar-refractivity contribution in [1.29, 1.82) is 0 Å². The smallest absolute Gasteiger partial charge is 0.242 e. The first-order valence-electron chi connectivity index (χ1n) is 10.2. The van der Waals surface area contributed by atoms with Gasteiger partial charge in [0.15, 0.2) is 0 Å². The summed E-state index contributed by atoms with van der Waals surface area (Å²) in [6.45, 7) is 2.08. The minimum Gasteiger partial charge on any atom is -0.352 e. The SMILES string of the molecule is C[C@H](C(=O)NC1CCCC1)N(Cc1ccc(Cl)c(Cl)c1)C(=O)CSc1ccccc1. The topological polar surface area (TPSA) is 49.4 Å². The van der Waals surface area contributed by atoms with Gasteiger partial charge in [-0.2, -0.15) is 0 Å². The van der Waals surface area contributed by atoms with E-state index in [-0.39, 0.29) is 23.6 Å². The Balaban J connectivity index is 1.72. The highest BCUT2D eigenvalue weighted by Gasteiger charge is 2.28. The predicted molar refractivity (Wildman–Crippen MR) is 124 cm³/mol. The molecule has 1 atom stereocenters. The summed E-state index contributed by atoms with van der Waals surface area (Å²) < 4.78 is 0. The number of halogens is 2. The number of hydrogen-bond acceptors (Lipinski definition) is 3. The zero-order valence-corrected chi connectivity index (χ0v) is 19.3. The van der Waals surface area contributed by atoms with Crippen LogP contribution < -0.4 is 5.32 Å². The van der Waals surface area contributed by atoms with E-state index in [2.05, 4.69) is 5.32 Å². The van der Waals surface area contributed by atoms with Crippen molar-refractivity contribution in [3.63, 3.8) is 0 Å². The lowest BCUT2D eigenvalue weighted by Crippen LogP contribution is -2.50. The van der Waals surface area contributed by atoms with Crippen LogP contribution >= 0.6 is 35.0 Å². The Labute approximate surface area is 192 Å². The van der Waals surface area contributed by atoms with E-state index in [1.807, 2.05) is 36.4 Å². The lowest BCUT2D eigenvalue weighted by atomic mass is 10.1. The third kappa shape index (κ3) is 6.40. The van der Waals surface area contributed by atoms with E-state index in [9.17, 15) is 9.59 Å². The van der Waals surface area contributed by atoms with Gasteiger partial charge < -0.3 is 10.2 Å². The number of carbonyl (C=O) groups is 2. The van der Waals surface area contributed by atoms with Crippen molar-refractivity contribution in [2.75, 3.05) is 5.75 Å². The molecule has 1 N–H and O–H groups in total. The minimum absolute atomic E-state index is 0.0935. The molecule has 2 aromatic carbocycles. The molecule has 1 fully saturated rings. The minimum atomic E-state index is -0.580. The van der Waals surface area contributed by atoms with Crippen LogP contribution in [0.4, 0.5) is 0 Å². The number of nitrogens with zero attached hydrogens (tertiary/aromatic N) is 1. The largest absolute Gasteiger partial charge is 0.352 e. The number of amides is 2. The molecule has 0 heterocycles. The molecule has 2 aromatic rings. The van der Waals surface area contributed by atoms with Crippen LogP contribution in [0.3, 0.4) is 0 Å². The third-order valence-electron chi connectivity index (χ3n) is 5.31. The molecule has 1 saturated carbocycles. The molecular weight excluding hydrogens is 439 g/mol. The fourth-order valence-corrected chi connectivity index (χ4v) is 4.68. The Hall–Kier alpha value is -1.69. The maximum atomic E-state index is 13.1. The summed E-state index contributed by atoms with van der Waals surface area (Å²) in [5, 5.41) is 4.00. The predicted octanol–water partition coefficient (Wildman–Crippen LogP) is 5.56. The summed E-state index contributed by atoms with van der Waals surface area (Å²) in [4.78, 5) is 28.6. The van der Waals surface area contributed by atoms with Crippen LogP contribution in [0.2, 0.25) is 10.0 Å². The molecule has 0 radical (unpaired) electrons. The molecule has 0 aromatic heterocycles. The van der Waals surface area contributed by atoms with Crippen molar-refractivity contribution in [3.8, 4) is 0 Å². The normalized spacial score (nSPS) is 15.0. The van der Waals surface area contributed by atoms with Gasteiger partial charge >= 0.3 is 0 Å². The van der Waals surface area contributed by atoms with E-state index in [0.29, 0.717) is 16.6 Å². The van der Waals surface area contributed by atoms with Gasteiger partial charge in [0.2, 0.25) is 11.8 Å². The zero-order chi connectivity index (χ0) is 21.5. The molecule has 0 aliphatic heterocycles. The van der Waals surface area contributed by atoms with Crippen molar-refractivity contribution in [1.82, 2.24) is 10.2 Å². The second kappa shape index (κ2) is 11.1. The van der Waals surface area contributed by atoms with Crippen LogP contribution in [-0.2, 0) is 16.1 Å². The van der Waals surface area contributed by atoms with Crippen LogP contribution in [0.1, 0.15) is 38.2 Å². The Kier molecular flexibility index (Phi) is 8.49. The van der Waals surface area contributed by atoms with Crippen molar-refractivity contribution < 1.29 is 9.59 Å². The lowest BCUT2D eigenvalue weighted by Gasteiger charge is -2.29. The Morgan fingerprint density at radius 1 is 1.10 bits per heavy atom. The first-order valence-corrected chi connectivity index (χ1v) is 11.9. The van der Waals surface area contributed by atoms with Gasteiger partial charge in [0.25, 0.3) is 0 Å². The van der Waals surface area contributed by atoms with E-state index in [1.165, 1.54) is 11.8 Å². The van der Waals surface area contributed by atoms with Crippen LogP contribution in [0, 0.1) is 0 Å². The van der Waals surface area contributed by atoms with Crippen molar-refractivity contribution >= 4 is 46.8 Å². The summed E-state index contributed by atoms with van der Waals surface area (Å²) in [7, 11) is 0. The summed E-state index contributed by atoms with van der Waals surface area (Å²) in [5.41, 5.74) is 0.836. The highest BCUT2D eigenvalue weighted by Crippen LogP contribution is 2.25. The monoisotopic (exact) mass is 464 g/mol. The van der Waals surface area contributed by atoms with Gasteiger partial charge in [-0.3, -0.25) is 9.59 Å². The van der Waals surface area contributed by atoms with Crippen molar-refractivity contribution in [2.45, 2.75) is 56.1 Å². The molecule has 160 valence electrons. The van der Waals surface area contributed by atoms with Crippen LogP contribution in [-0.4, -0.2) is 34.6 Å². The summed E-state index contributed by atoms with van der Waals surface area (Å²) in [5.74, 6) is 0.0517. The fraction of sp³-hybridized carbons (Fsp3) is 0.391. The first kappa shape index (κ1) is 23.0. The Morgan fingerprint density at radius 2 is 1.80 bits per heavy atom. The fourth-order valence-electron chi connectivity index (χ4n) is 3.55. The molecule has 0 spiro atoms. The van der Waals surface area contributed by atoms with Crippen molar-refractivity contribution in [3.05, 3.63) is 64.1 Å². The van der Waals surface area contributed by atoms with E-state index in [0.717, 1.165) is 36.1 Å². The zero-order valence-electron chi connectivity index (χ0n) is 16.9. The van der Waals surface area contributed by atoms with Gasteiger partial charge in [-0.1, -0.05) is 60.3 Å². The molecule has 0 unspecified atom stereocenters. The van der Waals surface area contributed by atoms with Gasteiger partial charge in [-0.15, -0.1) is 11.8 Å². The van der Waals surface area contributed by atoms with Gasteiger partial charge in [-0.25, -0.2) is 0 Å². The molecule has 3 rings (SSSR count). The third-order valence-corrected chi connectivity index (χ3v) is 7.05. The summed E-state index contributed by atoms with van der Waals surface area (Å²) in [6.07, 6.45) is 4.28. The number of hydrogen-bond donors (Lipinski definition) is 1. The van der Waals surface area contributed by atoms with Gasteiger partial charge in [0.05, 0.1) is 15.8 Å². The van der Waals surface area contributed by atoms with E-state index in [1.54, 1.807) is 24.0 Å². The molecule has 0 bridgehead atoms. The molecule has 0 saturated heterocycles. The van der Waals surface area contributed by atoms with Gasteiger partial charge in [-0.05, 0) is 49.6 Å². The molecule has 2 amide bonds. The number of benzene rings is 2. The second-order valence-electron chi connectivity index (χ2n) is 7.54. The van der Waals surface area contributed by atoms with Gasteiger partial charge in [0.1, 0.15) is 6.04 Å². The summed E-state index contributed by atoms with van der Waals surface area (Å²) in [6, 6.07) is 14.7. The molecule has 30 heavy (non-hydrogen) atoms. The second-order valence-corrected chi connectivity index (χ2v) is 9.40. The molecule has 7 heteroatoms. The van der Waals surface area contributed by atoms with Crippen molar-refractivity contribution in [2.24, 2.45) is 0 Å². The first-order chi connectivity index (χ1) is 14.4. The Morgan fingerprint density at radius 3 is 2.47 bits per heavy atom. The lowest BCUT2D eigenvalue weighted by molar-refractivity contribution is -0.138. The number of thioether (sulfide) groups is 1. The number of carbonyl (C=O) groups excluding carboxylic acids is 2. The highest BCUT2D eigenvalue weighted by atomic mass is 35.5. The van der Waals surface area contributed by atoms with Gasteiger partial charge in [0, 0.05) is 17.5 Å². The van der Waals surface area contributed by atoms with Crippen LogP contribution in [0.15, 0.2) is 53.4 Å². The summed E-state index contributed by atoms with van der Waals surface area (Å²) >= 11 is 13.6. The Bertz CT molecular complexity index is 873. The number of nitrogens with one attached hydrogen (secondary N) is 1. The number of rotatable bonds is 8. The molecule has 4 nitrogen and oxygen atoms in total. The van der Waals surface area contributed by atoms with Crippen LogP contribution in [0.25, 0.3) is 0 Å². The maximum absolute atomic E-state index is 13.1. The average Bonchev–Trinajstić information content (AvgIpc) is 3.26. The molecular formula is C23H26Cl2N2O2S. The maximum Gasteiger partial charge on any atom is 0.242 e. The van der Waals surface area contributed by atoms with E-state index < -0.39 is 6.04 Å². The van der Waals surface area contributed by atoms with E-state index in [4.69, 9.17) is 23.2 Å².